The molecule has 0 aliphatic rings. The lowest BCUT2D eigenvalue weighted by Crippen LogP contribution is -2.37. The van der Waals surface area contributed by atoms with Crippen LogP contribution in [0.3, 0.4) is 0 Å². The predicted molar refractivity (Wildman–Crippen MR) is 128 cm³/mol. The van der Waals surface area contributed by atoms with E-state index < -0.39 is 23.5 Å². The van der Waals surface area contributed by atoms with Gasteiger partial charge in [-0.05, 0) is 45.4 Å². The van der Waals surface area contributed by atoms with Gasteiger partial charge in [-0.25, -0.2) is 9.78 Å². The fourth-order valence-electron chi connectivity index (χ4n) is 2.59. The average Bonchev–Trinajstić information content (AvgIpc) is 2.75. The number of ether oxygens (including phenoxy) is 1. The van der Waals surface area contributed by atoms with E-state index in [4.69, 9.17) is 4.74 Å². The van der Waals surface area contributed by atoms with E-state index in [-0.39, 0.29) is 6.54 Å². The second kappa shape index (κ2) is 11.7. The third-order valence-electron chi connectivity index (χ3n) is 4.00. The zero-order valence-electron chi connectivity index (χ0n) is 19.5. The number of hydrogen-bond donors (Lipinski definition) is 5. The second-order valence-electron chi connectivity index (χ2n) is 8.07. The van der Waals surface area contributed by atoms with Gasteiger partial charge >= 0.3 is 6.09 Å². The van der Waals surface area contributed by atoms with Crippen LogP contribution in [-0.4, -0.2) is 53.6 Å². The molecule has 0 saturated heterocycles. The number of amides is 3. The summed E-state index contributed by atoms with van der Waals surface area (Å²) in [4.78, 5) is 45.1. The first-order valence-electron chi connectivity index (χ1n) is 10.6. The highest BCUT2D eigenvalue weighted by atomic mass is 16.6. The van der Waals surface area contributed by atoms with Gasteiger partial charge in [-0.2, -0.15) is 4.98 Å². The van der Waals surface area contributed by atoms with E-state index in [1.807, 2.05) is 6.92 Å². The molecular weight excluding hydrogens is 426 g/mol. The summed E-state index contributed by atoms with van der Waals surface area (Å²) in [5.74, 6) is -0.0148. The zero-order chi connectivity index (χ0) is 24.4. The minimum Gasteiger partial charge on any atom is -0.444 e. The van der Waals surface area contributed by atoms with E-state index in [2.05, 4.69) is 36.6 Å². The third kappa shape index (κ3) is 8.63. The maximum atomic E-state index is 12.8. The fourth-order valence-corrected chi connectivity index (χ4v) is 2.59. The van der Waals surface area contributed by atoms with Crippen molar-refractivity contribution >= 4 is 41.0 Å². The van der Waals surface area contributed by atoms with Gasteiger partial charge in [0.25, 0.3) is 5.91 Å². The lowest BCUT2D eigenvalue weighted by molar-refractivity contribution is -0.115. The molecule has 0 spiro atoms. The molecule has 2 rings (SSSR count). The minimum atomic E-state index is -0.683. The van der Waals surface area contributed by atoms with E-state index in [9.17, 15) is 14.4 Å². The summed E-state index contributed by atoms with van der Waals surface area (Å²) in [7, 11) is 1.70. The molecule has 0 aliphatic carbocycles. The monoisotopic (exact) mass is 457 g/mol. The maximum Gasteiger partial charge on any atom is 0.408 e. The van der Waals surface area contributed by atoms with Crippen LogP contribution in [0.1, 0.15) is 44.5 Å². The van der Waals surface area contributed by atoms with E-state index in [0.717, 1.165) is 6.42 Å². The Kier molecular flexibility index (Phi) is 8.96. The van der Waals surface area contributed by atoms with Crippen LogP contribution in [0.4, 0.5) is 27.9 Å². The summed E-state index contributed by atoms with van der Waals surface area (Å²) < 4.78 is 5.10. The Bertz CT molecular complexity index is 989. The Hall–Kier alpha value is -3.89. The molecule has 0 fully saturated rings. The lowest BCUT2D eigenvalue weighted by atomic mass is 10.2. The number of nitrogens with one attached hydrogen (secondary N) is 5. The highest BCUT2D eigenvalue weighted by Crippen LogP contribution is 2.19. The van der Waals surface area contributed by atoms with Crippen molar-refractivity contribution < 1.29 is 19.1 Å². The normalized spacial score (nSPS) is 10.7. The summed E-state index contributed by atoms with van der Waals surface area (Å²) in [6.45, 7) is 7.60. The van der Waals surface area contributed by atoms with Crippen LogP contribution >= 0.6 is 0 Å². The number of rotatable bonds is 9. The van der Waals surface area contributed by atoms with Crippen molar-refractivity contribution in [3.8, 4) is 0 Å². The Morgan fingerprint density at radius 2 is 1.79 bits per heavy atom. The van der Waals surface area contributed by atoms with Crippen molar-refractivity contribution in [1.29, 1.82) is 0 Å². The number of carbonyl (C=O) groups excluding carboxylic acids is 3. The summed E-state index contributed by atoms with van der Waals surface area (Å²) in [6, 6.07) is 6.64. The van der Waals surface area contributed by atoms with E-state index >= 15 is 0 Å². The van der Waals surface area contributed by atoms with Gasteiger partial charge in [0.1, 0.15) is 23.5 Å². The molecule has 11 nitrogen and oxygen atoms in total. The minimum absolute atomic E-state index is 0.257. The molecule has 1 aromatic carbocycles. The van der Waals surface area contributed by atoms with Gasteiger partial charge in [0.2, 0.25) is 11.9 Å². The van der Waals surface area contributed by atoms with Gasteiger partial charge in [0, 0.05) is 31.2 Å². The quantitative estimate of drug-likeness (QED) is 0.386. The summed E-state index contributed by atoms with van der Waals surface area (Å²) in [6.07, 6.45) is 1.63. The van der Waals surface area contributed by atoms with Gasteiger partial charge in [-0.1, -0.05) is 13.0 Å². The van der Waals surface area contributed by atoms with Gasteiger partial charge in [0.15, 0.2) is 0 Å². The number of carbonyl (C=O) groups is 3. The van der Waals surface area contributed by atoms with E-state index in [1.54, 1.807) is 52.1 Å². The SMILES string of the molecule is CCCNc1nc(NC)ncc1C(=O)Nc1cccc(NC(=O)CNC(=O)OC(C)(C)C)c1. The lowest BCUT2D eigenvalue weighted by Gasteiger charge is -2.19. The third-order valence-corrected chi connectivity index (χ3v) is 4.00. The van der Waals surface area contributed by atoms with Gasteiger partial charge in [0.05, 0.1) is 0 Å². The average molecular weight is 458 g/mol. The van der Waals surface area contributed by atoms with Crippen LogP contribution in [0.15, 0.2) is 30.5 Å². The molecule has 0 radical (unpaired) electrons. The van der Waals surface area contributed by atoms with Crippen LogP contribution in [0.2, 0.25) is 0 Å². The highest BCUT2D eigenvalue weighted by Gasteiger charge is 2.17. The molecular formula is C22H31N7O4. The second-order valence-corrected chi connectivity index (χ2v) is 8.07. The van der Waals surface area contributed by atoms with E-state index in [1.165, 1.54) is 6.20 Å². The Labute approximate surface area is 193 Å². The molecule has 0 bridgehead atoms. The molecule has 0 saturated carbocycles. The number of anilines is 4. The largest absolute Gasteiger partial charge is 0.444 e. The van der Waals surface area contributed by atoms with Crippen LogP contribution in [0, 0.1) is 0 Å². The Morgan fingerprint density at radius 1 is 1.09 bits per heavy atom. The predicted octanol–water partition coefficient (Wildman–Crippen LogP) is 3.06. The molecule has 2 aromatic rings. The van der Waals surface area contributed by atoms with Crippen molar-refractivity contribution in [2.75, 3.05) is 41.4 Å². The number of nitrogens with zero attached hydrogens (tertiary/aromatic N) is 2. The first kappa shape index (κ1) is 25.4. The first-order chi connectivity index (χ1) is 15.6. The molecule has 1 heterocycles. The van der Waals surface area contributed by atoms with Crippen LogP contribution in [0.25, 0.3) is 0 Å². The molecule has 11 heteroatoms. The molecule has 0 aliphatic heterocycles. The van der Waals surface area contributed by atoms with Crippen LogP contribution in [-0.2, 0) is 9.53 Å². The molecule has 33 heavy (non-hydrogen) atoms. The number of aromatic nitrogens is 2. The molecule has 5 N–H and O–H groups in total. The molecule has 0 unspecified atom stereocenters. The molecule has 178 valence electrons. The summed E-state index contributed by atoms with van der Waals surface area (Å²) in [5.41, 5.74) is 0.558. The molecule has 1 aromatic heterocycles. The topological polar surface area (TPSA) is 146 Å². The Morgan fingerprint density at radius 3 is 2.42 bits per heavy atom. The number of benzene rings is 1. The van der Waals surface area contributed by atoms with Crippen molar-refractivity contribution in [2.24, 2.45) is 0 Å². The fraction of sp³-hybridized carbons (Fsp3) is 0.409. The van der Waals surface area contributed by atoms with Crippen molar-refractivity contribution in [2.45, 2.75) is 39.7 Å². The first-order valence-corrected chi connectivity index (χ1v) is 10.6. The Balaban J connectivity index is 2.01. The smallest absolute Gasteiger partial charge is 0.408 e. The molecule has 3 amide bonds. The number of hydrogen-bond acceptors (Lipinski definition) is 8. The van der Waals surface area contributed by atoms with Gasteiger partial charge < -0.3 is 31.3 Å². The highest BCUT2D eigenvalue weighted by molar-refractivity contribution is 6.07. The van der Waals surface area contributed by atoms with Crippen LogP contribution < -0.4 is 26.6 Å². The number of alkyl carbamates (subject to hydrolysis) is 1. The summed E-state index contributed by atoms with van der Waals surface area (Å²) >= 11 is 0. The van der Waals surface area contributed by atoms with Crippen molar-refractivity contribution in [1.82, 2.24) is 15.3 Å². The van der Waals surface area contributed by atoms with Gasteiger partial charge in [-0.15, -0.1) is 0 Å². The van der Waals surface area contributed by atoms with Crippen molar-refractivity contribution in [3.05, 3.63) is 36.0 Å². The van der Waals surface area contributed by atoms with Gasteiger partial charge in [-0.3, -0.25) is 9.59 Å². The molecule has 0 atom stereocenters. The van der Waals surface area contributed by atoms with Crippen LogP contribution in [0.5, 0.6) is 0 Å². The standard InChI is InChI=1S/C22H31N7O4/c1-6-10-24-18-16(12-25-20(23-5)29-18)19(31)28-15-9-7-8-14(11-15)27-17(30)13-26-21(32)33-22(2,3)4/h7-9,11-12H,6,10,13H2,1-5H3,(H,26,32)(H,27,30)(H,28,31)(H2,23,24,25,29). The summed E-state index contributed by atoms with van der Waals surface area (Å²) in [5, 5.41) is 13.8. The maximum absolute atomic E-state index is 12.8. The van der Waals surface area contributed by atoms with Crippen molar-refractivity contribution in [3.63, 3.8) is 0 Å². The zero-order valence-corrected chi connectivity index (χ0v) is 19.5. The van der Waals surface area contributed by atoms with E-state index in [0.29, 0.717) is 35.2 Å².